The Bertz CT molecular complexity index is 746. The molecule has 0 radical (unpaired) electrons. The number of rotatable bonds is 6. The molecule has 1 aromatic carbocycles. The standard InChI is InChI=1S/C17H22N4O4/c1-25-17-7-4-6-16-15(17)5-2-3-8-19(16)11-14(22)12-20-10-13(9-18-20)21(23)24/h4,6-7,9-10,14,22H,2-3,5,8,11-12H2,1H3. The molecule has 0 spiro atoms. The minimum atomic E-state index is -0.684. The van der Waals surface area contributed by atoms with Gasteiger partial charge in [-0.2, -0.15) is 5.10 Å². The van der Waals surface area contributed by atoms with Crippen LogP contribution in [-0.4, -0.2) is 46.1 Å². The number of ether oxygens (including phenoxy) is 1. The van der Waals surface area contributed by atoms with Gasteiger partial charge in [-0.05, 0) is 31.4 Å². The third-order valence-corrected chi connectivity index (χ3v) is 4.43. The van der Waals surface area contributed by atoms with Crippen molar-refractivity contribution < 1.29 is 14.8 Å². The van der Waals surface area contributed by atoms with E-state index in [2.05, 4.69) is 16.1 Å². The first-order valence-electron chi connectivity index (χ1n) is 8.34. The number of nitrogens with zero attached hydrogens (tertiary/aromatic N) is 4. The van der Waals surface area contributed by atoms with Gasteiger partial charge in [0, 0.05) is 24.3 Å². The van der Waals surface area contributed by atoms with Crippen molar-refractivity contribution >= 4 is 11.4 Å². The Morgan fingerprint density at radius 1 is 1.40 bits per heavy atom. The Labute approximate surface area is 145 Å². The second kappa shape index (κ2) is 7.52. The molecule has 25 heavy (non-hydrogen) atoms. The fourth-order valence-electron chi connectivity index (χ4n) is 3.28. The first-order valence-corrected chi connectivity index (χ1v) is 8.34. The van der Waals surface area contributed by atoms with Gasteiger partial charge >= 0.3 is 5.69 Å². The van der Waals surface area contributed by atoms with E-state index in [1.165, 1.54) is 22.6 Å². The molecular weight excluding hydrogens is 324 g/mol. The predicted molar refractivity (Wildman–Crippen MR) is 93.0 cm³/mol. The SMILES string of the molecule is COc1cccc2c1CCCCN2CC(O)Cn1cc([N+](=O)[O-])cn1. The second-order valence-electron chi connectivity index (χ2n) is 6.19. The van der Waals surface area contributed by atoms with Crippen LogP contribution >= 0.6 is 0 Å². The van der Waals surface area contributed by atoms with Gasteiger partial charge < -0.3 is 14.7 Å². The highest BCUT2D eigenvalue weighted by Crippen LogP contribution is 2.33. The zero-order valence-electron chi connectivity index (χ0n) is 14.2. The van der Waals surface area contributed by atoms with E-state index >= 15 is 0 Å². The quantitative estimate of drug-likeness (QED) is 0.635. The smallest absolute Gasteiger partial charge is 0.306 e. The lowest BCUT2D eigenvalue weighted by Crippen LogP contribution is -2.35. The maximum absolute atomic E-state index is 10.7. The Balaban J connectivity index is 1.72. The van der Waals surface area contributed by atoms with Crippen LogP contribution in [0.4, 0.5) is 11.4 Å². The molecule has 3 rings (SSSR count). The van der Waals surface area contributed by atoms with E-state index in [1.807, 2.05) is 12.1 Å². The van der Waals surface area contributed by atoms with Crippen molar-refractivity contribution in [2.45, 2.75) is 31.9 Å². The zero-order valence-corrected chi connectivity index (χ0v) is 14.2. The average Bonchev–Trinajstić information content (AvgIpc) is 2.96. The van der Waals surface area contributed by atoms with Gasteiger partial charge in [0.1, 0.15) is 18.1 Å². The van der Waals surface area contributed by atoms with Gasteiger partial charge in [-0.15, -0.1) is 0 Å². The molecule has 0 saturated carbocycles. The number of aromatic nitrogens is 2. The molecule has 0 fully saturated rings. The van der Waals surface area contributed by atoms with Crippen molar-refractivity contribution in [2.24, 2.45) is 0 Å². The average molecular weight is 346 g/mol. The molecule has 1 unspecified atom stereocenters. The Morgan fingerprint density at radius 3 is 2.96 bits per heavy atom. The summed E-state index contributed by atoms with van der Waals surface area (Å²) in [7, 11) is 1.67. The topological polar surface area (TPSA) is 93.7 Å². The number of benzene rings is 1. The predicted octanol–water partition coefficient (Wildman–Crippen LogP) is 2.00. The molecule has 134 valence electrons. The summed E-state index contributed by atoms with van der Waals surface area (Å²) < 4.78 is 6.89. The molecule has 1 aromatic heterocycles. The van der Waals surface area contributed by atoms with Gasteiger partial charge in [0.15, 0.2) is 0 Å². The molecule has 1 aliphatic rings. The lowest BCUT2D eigenvalue weighted by atomic mass is 10.1. The summed E-state index contributed by atoms with van der Waals surface area (Å²) >= 11 is 0. The maximum atomic E-state index is 10.7. The minimum absolute atomic E-state index is 0.0722. The maximum Gasteiger partial charge on any atom is 0.306 e. The van der Waals surface area contributed by atoms with Crippen LogP contribution in [0.2, 0.25) is 0 Å². The fourth-order valence-corrected chi connectivity index (χ4v) is 3.28. The van der Waals surface area contributed by atoms with Gasteiger partial charge in [0.25, 0.3) is 0 Å². The molecule has 2 heterocycles. The van der Waals surface area contributed by atoms with Crippen LogP contribution in [0.5, 0.6) is 5.75 Å². The van der Waals surface area contributed by atoms with Gasteiger partial charge in [-0.3, -0.25) is 14.8 Å². The van der Waals surface area contributed by atoms with Crippen molar-refractivity contribution in [3.05, 3.63) is 46.3 Å². The third kappa shape index (κ3) is 3.90. The summed E-state index contributed by atoms with van der Waals surface area (Å²) in [5, 5.41) is 25.1. The van der Waals surface area contributed by atoms with Gasteiger partial charge in [-0.1, -0.05) is 6.07 Å². The van der Waals surface area contributed by atoms with E-state index in [4.69, 9.17) is 4.74 Å². The lowest BCUT2D eigenvalue weighted by Gasteiger charge is -2.28. The van der Waals surface area contributed by atoms with E-state index in [0.717, 1.165) is 37.2 Å². The summed E-state index contributed by atoms with van der Waals surface area (Å²) in [5.41, 5.74) is 2.18. The molecular formula is C17H22N4O4. The highest BCUT2D eigenvalue weighted by molar-refractivity contribution is 5.60. The largest absolute Gasteiger partial charge is 0.496 e. The monoisotopic (exact) mass is 346 g/mol. The number of hydrogen-bond donors (Lipinski definition) is 1. The van der Waals surface area contributed by atoms with Crippen molar-refractivity contribution in [1.29, 1.82) is 0 Å². The van der Waals surface area contributed by atoms with Crippen LogP contribution < -0.4 is 9.64 Å². The fraction of sp³-hybridized carbons (Fsp3) is 0.471. The summed E-state index contributed by atoms with van der Waals surface area (Å²) in [6.07, 6.45) is 4.92. The molecule has 1 atom stereocenters. The molecule has 0 aliphatic carbocycles. The number of aliphatic hydroxyl groups is 1. The van der Waals surface area contributed by atoms with Gasteiger partial charge in [0.05, 0.1) is 24.7 Å². The van der Waals surface area contributed by atoms with E-state index < -0.39 is 11.0 Å². The molecule has 1 N–H and O–H groups in total. The number of methoxy groups -OCH3 is 1. The number of nitro groups is 1. The molecule has 8 nitrogen and oxygen atoms in total. The van der Waals surface area contributed by atoms with Crippen molar-refractivity contribution in [3.8, 4) is 5.75 Å². The van der Waals surface area contributed by atoms with Gasteiger partial charge in [0.2, 0.25) is 0 Å². The summed E-state index contributed by atoms with van der Waals surface area (Å²) in [5.74, 6) is 0.876. The van der Waals surface area contributed by atoms with Crippen LogP contribution in [0.1, 0.15) is 18.4 Å². The van der Waals surface area contributed by atoms with Crippen molar-refractivity contribution in [1.82, 2.24) is 9.78 Å². The summed E-state index contributed by atoms with van der Waals surface area (Å²) in [6.45, 7) is 1.51. The van der Waals surface area contributed by atoms with Gasteiger partial charge in [-0.25, -0.2) is 0 Å². The van der Waals surface area contributed by atoms with Crippen LogP contribution in [0.3, 0.4) is 0 Å². The number of aliphatic hydroxyl groups excluding tert-OH is 1. The van der Waals surface area contributed by atoms with E-state index in [1.54, 1.807) is 7.11 Å². The summed E-state index contributed by atoms with van der Waals surface area (Å²) in [4.78, 5) is 12.4. The number of hydrogen-bond acceptors (Lipinski definition) is 6. The third-order valence-electron chi connectivity index (χ3n) is 4.43. The van der Waals surface area contributed by atoms with Crippen LogP contribution in [0.25, 0.3) is 0 Å². The Kier molecular flexibility index (Phi) is 5.18. The van der Waals surface area contributed by atoms with Crippen LogP contribution in [0.15, 0.2) is 30.6 Å². The van der Waals surface area contributed by atoms with E-state index in [0.29, 0.717) is 6.54 Å². The molecule has 0 saturated heterocycles. The highest BCUT2D eigenvalue weighted by atomic mass is 16.6. The van der Waals surface area contributed by atoms with Crippen molar-refractivity contribution in [3.63, 3.8) is 0 Å². The van der Waals surface area contributed by atoms with Crippen LogP contribution in [-0.2, 0) is 13.0 Å². The molecule has 0 bridgehead atoms. The van der Waals surface area contributed by atoms with E-state index in [-0.39, 0.29) is 12.2 Å². The zero-order chi connectivity index (χ0) is 17.8. The molecule has 8 heteroatoms. The number of anilines is 1. The molecule has 0 amide bonds. The Morgan fingerprint density at radius 2 is 2.24 bits per heavy atom. The Hall–Kier alpha value is -2.61. The first-order chi connectivity index (χ1) is 12.1. The van der Waals surface area contributed by atoms with E-state index in [9.17, 15) is 15.2 Å². The van der Waals surface area contributed by atoms with Crippen molar-refractivity contribution in [2.75, 3.05) is 25.1 Å². The van der Waals surface area contributed by atoms with Crippen LogP contribution in [0, 0.1) is 10.1 Å². The highest BCUT2D eigenvalue weighted by Gasteiger charge is 2.21. The first kappa shape index (κ1) is 17.2. The number of fused-ring (bicyclic) bond motifs is 1. The summed E-state index contributed by atoms with van der Waals surface area (Å²) in [6, 6.07) is 5.97. The normalized spacial score (nSPS) is 15.4. The minimum Gasteiger partial charge on any atom is -0.496 e. The second-order valence-corrected chi connectivity index (χ2v) is 6.19. The molecule has 1 aliphatic heterocycles. The molecule has 2 aromatic rings. The number of β-amino-alcohol motifs (C(OH)–C–C–N with tert-alkyl or cyclic N) is 1. The lowest BCUT2D eigenvalue weighted by molar-refractivity contribution is -0.385.